The van der Waals surface area contributed by atoms with Crippen molar-refractivity contribution in [3.05, 3.63) is 0 Å². The Morgan fingerprint density at radius 2 is 1.30 bits per heavy atom. The lowest BCUT2D eigenvalue weighted by Crippen LogP contribution is -2.72. The molecule has 25 nitrogen and oxygen atoms in total. The van der Waals surface area contributed by atoms with Crippen LogP contribution in [-0.2, 0) is 47.5 Å². The second-order valence-electron chi connectivity index (χ2n) is 14.0. The van der Waals surface area contributed by atoms with E-state index in [1.165, 1.54) is 6.92 Å². The molecule has 4 rings (SSSR count). The van der Waals surface area contributed by atoms with Crippen molar-refractivity contribution in [2.24, 2.45) is 0 Å². The van der Waals surface area contributed by atoms with Gasteiger partial charge in [-0.2, -0.15) is 0 Å². The van der Waals surface area contributed by atoms with Crippen LogP contribution in [0.2, 0.25) is 0 Å². The van der Waals surface area contributed by atoms with Crippen LogP contribution in [0, 0.1) is 0 Å². The SMILES string of the molecule is CC(=O)N[C@@H]1[C@@H](O[C@@H]2O[C@H](CO)[C@H](O[C@@H]3O[C@@H](C)[C@@H](O)[C@@H](O)[C@@H]3O)[C@H](O[C@]3(C(=O)O)C[C@H](O)[C@@H](NC(C)=O)[C@H]([C@H](O)[C@H](O)CO)O3)[C@H]2O)[C@H](O)[C@@H](CO)O[C@H]1O. The van der Waals surface area contributed by atoms with Gasteiger partial charge in [-0.15, -0.1) is 0 Å². The number of aliphatic carboxylic acids is 1. The summed E-state index contributed by atoms with van der Waals surface area (Å²) in [6.45, 7) is 0.249. The number of aliphatic hydroxyl groups is 12. The van der Waals surface area contributed by atoms with E-state index in [2.05, 4.69) is 10.6 Å². The number of amides is 2. The zero-order valence-corrected chi connectivity index (χ0v) is 30.3. The first kappa shape index (κ1) is 46.3. The Bertz CT molecular complexity index is 1330. The number of carboxylic acids is 1. The lowest BCUT2D eigenvalue weighted by molar-refractivity contribution is -0.400. The van der Waals surface area contributed by atoms with Gasteiger partial charge in [0.05, 0.1) is 38.1 Å². The molecule has 324 valence electrons. The van der Waals surface area contributed by atoms with Crippen molar-refractivity contribution in [1.29, 1.82) is 0 Å². The summed E-state index contributed by atoms with van der Waals surface area (Å²) >= 11 is 0. The molecule has 4 heterocycles. The summed E-state index contributed by atoms with van der Waals surface area (Å²) in [4.78, 5) is 37.1. The van der Waals surface area contributed by atoms with Crippen molar-refractivity contribution in [2.45, 2.75) is 155 Å². The van der Waals surface area contributed by atoms with E-state index in [9.17, 15) is 80.8 Å². The molecule has 0 radical (unpaired) electrons. The van der Waals surface area contributed by atoms with Crippen LogP contribution in [0.1, 0.15) is 27.2 Å². The van der Waals surface area contributed by atoms with Crippen LogP contribution >= 0.6 is 0 Å². The largest absolute Gasteiger partial charge is 0.477 e. The van der Waals surface area contributed by atoms with E-state index < -0.39 is 172 Å². The van der Waals surface area contributed by atoms with E-state index in [-0.39, 0.29) is 0 Å². The summed E-state index contributed by atoms with van der Waals surface area (Å²) in [5.74, 6) is -6.80. The highest BCUT2D eigenvalue weighted by Gasteiger charge is 2.61. The summed E-state index contributed by atoms with van der Waals surface area (Å²) in [5.41, 5.74) is 0. The number of hydrogen-bond donors (Lipinski definition) is 15. The zero-order valence-electron chi connectivity index (χ0n) is 30.3. The van der Waals surface area contributed by atoms with Gasteiger partial charge in [0.2, 0.25) is 11.8 Å². The Morgan fingerprint density at radius 3 is 1.86 bits per heavy atom. The maximum atomic E-state index is 13.1. The number of rotatable bonds is 14. The standard InChI is InChI=1S/C31H52N2O23/c1-8-17(41)20(44)21(45)28(50-8)53-23-14(7-36)52-29(54-24-16(33-10(3)38)27(47)51-13(6-35)19(24)43)22(46)26(23)56-31(30(48)49)4-11(39)15(32-9(2)37)25(55-31)18(42)12(40)5-34/h8,11-29,34-36,39-47H,4-7H2,1-3H3,(H,32,37)(H,33,38)(H,48,49)/t8-,11-,12+,13+,14+,15+,16+,17+,18+,19+,20+,21-,22+,23-,24+,25+,26+,27+,28-,29-,31-/m0/s1. The lowest BCUT2D eigenvalue weighted by Gasteiger charge is -2.52. The monoisotopic (exact) mass is 820 g/mol. The van der Waals surface area contributed by atoms with Gasteiger partial charge in [-0.3, -0.25) is 9.59 Å². The molecule has 0 aromatic heterocycles. The van der Waals surface area contributed by atoms with Crippen molar-refractivity contribution in [1.82, 2.24) is 10.6 Å². The van der Waals surface area contributed by atoms with Crippen molar-refractivity contribution in [3.8, 4) is 0 Å². The minimum atomic E-state index is -3.19. The van der Waals surface area contributed by atoms with Crippen molar-refractivity contribution in [2.75, 3.05) is 19.8 Å². The predicted octanol–water partition coefficient (Wildman–Crippen LogP) is -9.23. The summed E-state index contributed by atoms with van der Waals surface area (Å²) in [5, 5.41) is 142. The Morgan fingerprint density at radius 1 is 0.732 bits per heavy atom. The van der Waals surface area contributed by atoms with Crippen LogP contribution < -0.4 is 10.6 Å². The third-order valence-corrected chi connectivity index (χ3v) is 9.94. The summed E-state index contributed by atoms with van der Waals surface area (Å²) in [6, 6.07) is -3.25. The minimum Gasteiger partial charge on any atom is -0.477 e. The van der Waals surface area contributed by atoms with Gasteiger partial charge in [0.25, 0.3) is 5.79 Å². The van der Waals surface area contributed by atoms with Crippen LogP contribution in [-0.4, -0.2) is 232 Å². The second kappa shape index (κ2) is 19.1. The first-order valence-electron chi connectivity index (χ1n) is 17.6. The number of carbonyl (C=O) groups excluding carboxylic acids is 2. The van der Waals surface area contributed by atoms with Crippen LogP contribution in [0.25, 0.3) is 0 Å². The van der Waals surface area contributed by atoms with E-state index >= 15 is 0 Å². The van der Waals surface area contributed by atoms with Gasteiger partial charge in [0.1, 0.15) is 85.4 Å². The molecule has 0 aromatic carbocycles. The van der Waals surface area contributed by atoms with Gasteiger partial charge in [-0.05, 0) is 6.92 Å². The maximum Gasteiger partial charge on any atom is 0.364 e. The second-order valence-corrected chi connectivity index (χ2v) is 14.0. The van der Waals surface area contributed by atoms with Crippen LogP contribution in [0.3, 0.4) is 0 Å². The highest BCUT2D eigenvalue weighted by molar-refractivity contribution is 5.76. The molecular formula is C31H52N2O23. The lowest BCUT2D eigenvalue weighted by atomic mass is 9.88. The Labute approximate surface area is 317 Å². The average molecular weight is 821 g/mol. The molecular weight excluding hydrogens is 768 g/mol. The molecule has 4 aliphatic heterocycles. The van der Waals surface area contributed by atoms with Gasteiger partial charge in [0.15, 0.2) is 18.9 Å². The molecule has 2 amide bonds. The number of carboxylic acid groups (broad SMARTS) is 1. The van der Waals surface area contributed by atoms with Gasteiger partial charge in [0, 0.05) is 20.3 Å². The molecule has 25 heteroatoms. The Balaban J connectivity index is 1.80. The van der Waals surface area contributed by atoms with Gasteiger partial charge in [-0.25, -0.2) is 4.79 Å². The number of hydrogen-bond acceptors (Lipinski definition) is 22. The normalized spacial score (nSPS) is 45.7. The van der Waals surface area contributed by atoms with Crippen molar-refractivity contribution >= 4 is 17.8 Å². The smallest absolute Gasteiger partial charge is 0.364 e. The Hall–Kier alpha value is -2.35. The molecule has 15 N–H and O–H groups in total. The van der Waals surface area contributed by atoms with Crippen molar-refractivity contribution < 1.29 is 114 Å². The van der Waals surface area contributed by atoms with Gasteiger partial charge >= 0.3 is 5.97 Å². The molecule has 4 fully saturated rings. The van der Waals surface area contributed by atoms with E-state index in [1.807, 2.05) is 0 Å². The summed E-state index contributed by atoms with van der Waals surface area (Å²) in [7, 11) is 0. The summed E-state index contributed by atoms with van der Waals surface area (Å²) in [6.07, 6.45) is -35.7. The first-order valence-corrected chi connectivity index (χ1v) is 17.6. The molecule has 0 spiro atoms. The molecule has 4 aliphatic rings. The third-order valence-electron chi connectivity index (χ3n) is 9.94. The third kappa shape index (κ3) is 9.74. The van der Waals surface area contributed by atoms with Crippen LogP contribution in [0.4, 0.5) is 0 Å². The van der Waals surface area contributed by atoms with E-state index in [0.29, 0.717) is 0 Å². The predicted molar refractivity (Wildman–Crippen MR) is 173 cm³/mol. The molecule has 0 aliphatic carbocycles. The molecule has 0 saturated carbocycles. The van der Waals surface area contributed by atoms with Gasteiger partial charge < -0.3 is 110 Å². The fourth-order valence-electron chi connectivity index (χ4n) is 6.99. The molecule has 21 atom stereocenters. The topological polar surface area (TPSA) is 403 Å². The zero-order chi connectivity index (χ0) is 42.0. The number of carbonyl (C=O) groups is 3. The fraction of sp³-hybridized carbons (Fsp3) is 0.903. The van der Waals surface area contributed by atoms with Crippen LogP contribution in [0.15, 0.2) is 0 Å². The molecule has 0 unspecified atom stereocenters. The maximum absolute atomic E-state index is 13.1. The molecule has 0 aromatic rings. The minimum absolute atomic E-state index is 0.765. The van der Waals surface area contributed by atoms with E-state index in [4.69, 9.17) is 33.2 Å². The Kier molecular flexibility index (Phi) is 15.8. The highest BCUT2D eigenvalue weighted by Crippen LogP contribution is 2.40. The number of ether oxygens (including phenoxy) is 7. The highest BCUT2D eigenvalue weighted by atomic mass is 16.8. The van der Waals surface area contributed by atoms with E-state index in [1.54, 1.807) is 0 Å². The van der Waals surface area contributed by atoms with Crippen LogP contribution in [0.5, 0.6) is 0 Å². The molecule has 56 heavy (non-hydrogen) atoms. The summed E-state index contributed by atoms with van der Waals surface area (Å²) < 4.78 is 39.7. The van der Waals surface area contributed by atoms with E-state index in [0.717, 1.165) is 13.8 Å². The quantitative estimate of drug-likeness (QED) is 0.0773. The number of nitrogens with one attached hydrogen (secondary N) is 2. The number of aliphatic hydroxyl groups excluding tert-OH is 12. The fourth-order valence-corrected chi connectivity index (χ4v) is 6.99. The first-order chi connectivity index (χ1) is 26.2. The van der Waals surface area contributed by atoms with Gasteiger partial charge in [-0.1, -0.05) is 0 Å². The van der Waals surface area contributed by atoms with Crippen molar-refractivity contribution in [3.63, 3.8) is 0 Å². The molecule has 4 saturated heterocycles. The average Bonchev–Trinajstić information content (AvgIpc) is 3.14. The molecule has 0 bridgehead atoms.